The van der Waals surface area contributed by atoms with Crippen LogP contribution >= 0.6 is 15.9 Å². The Hall–Kier alpha value is -1.17. The van der Waals surface area contributed by atoms with Crippen molar-refractivity contribution in [3.8, 4) is 0 Å². The van der Waals surface area contributed by atoms with Gasteiger partial charge in [-0.05, 0) is 22.9 Å². The second kappa shape index (κ2) is 3.69. The number of aromatic nitrogens is 2. The summed E-state index contributed by atoms with van der Waals surface area (Å²) < 4.78 is 0.528. The molecule has 0 radical (unpaired) electrons. The van der Waals surface area contributed by atoms with Crippen molar-refractivity contribution in [2.75, 3.05) is 12.8 Å². The van der Waals surface area contributed by atoms with Crippen molar-refractivity contribution >= 4 is 27.7 Å². The van der Waals surface area contributed by atoms with Gasteiger partial charge in [-0.25, -0.2) is 9.97 Å². The fraction of sp³-hybridized carbons (Fsp3) is 0.286. The van der Waals surface area contributed by atoms with Gasteiger partial charge in [0.2, 0.25) is 0 Å². The van der Waals surface area contributed by atoms with Crippen LogP contribution in [0.5, 0.6) is 0 Å². The van der Waals surface area contributed by atoms with Crippen LogP contribution in [0.25, 0.3) is 0 Å². The van der Waals surface area contributed by atoms with E-state index >= 15 is 0 Å². The summed E-state index contributed by atoms with van der Waals surface area (Å²) in [6.07, 6.45) is 0. The topological polar surface area (TPSA) is 80.9 Å². The van der Waals surface area contributed by atoms with E-state index in [1.54, 1.807) is 6.92 Å². The third-order valence-electron chi connectivity index (χ3n) is 1.48. The molecule has 13 heavy (non-hydrogen) atoms. The average molecular weight is 245 g/mol. The number of nitrogen functional groups attached to an aromatic ring is 1. The van der Waals surface area contributed by atoms with Crippen LogP contribution in [0.4, 0.5) is 5.82 Å². The Bertz CT molecular complexity index is 353. The van der Waals surface area contributed by atoms with Gasteiger partial charge < -0.3 is 11.1 Å². The molecule has 0 saturated carbocycles. The zero-order valence-corrected chi connectivity index (χ0v) is 8.84. The number of hydrogen-bond acceptors (Lipinski definition) is 4. The van der Waals surface area contributed by atoms with E-state index in [0.717, 1.165) is 0 Å². The molecular weight excluding hydrogens is 236 g/mol. The monoisotopic (exact) mass is 244 g/mol. The van der Waals surface area contributed by atoms with Crippen molar-refractivity contribution in [1.29, 1.82) is 0 Å². The molecule has 0 spiro atoms. The first kappa shape index (κ1) is 9.91. The van der Waals surface area contributed by atoms with E-state index in [2.05, 4.69) is 31.2 Å². The lowest BCUT2D eigenvalue weighted by Crippen LogP contribution is -2.22. The van der Waals surface area contributed by atoms with Crippen molar-refractivity contribution in [3.63, 3.8) is 0 Å². The van der Waals surface area contributed by atoms with Gasteiger partial charge in [-0.1, -0.05) is 0 Å². The van der Waals surface area contributed by atoms with Crippen LogP contribution in [0.15, 0.2) is 4.60 Å². The highest BCUT2D eigenvalue weighted by atomic mass is 79.9. The van der Waals surface area contributed by atoms with Crippen LogP contribution in [0.1, 0.15) is 16.2 Å². The maximum absolute atomic E-state index is 11.2. The van der Waals surface area contributed by atoms with Crippen molar-refractivity contribution < 1.29 is 4.79 Å². The molecule has 1 heterocycles. The Balaban J connectivity index is 3.23. The van der Waals surface area contributed by atoms with Gasteiger partial charge in [0.15, 0.2) is 11.5 Å². The molecule has 0 unspecified atom stereocenters. The molecular formula is C7H9BrN4O. The minimum absolute atomic E-state index is 0.139. The summed E-state index contributed by atoms with van der Waals surface area (Å²) in [5.74, 6) is -0.203. The summed E-state index contributed by atoms with van der Waals surface area (Å²) in [5, 5.41) is 2.43. The minimum atomic E-state index is -0.342. The highest BCUT2D eigenvalue weighted by molar-refractivity contribution is 9.10. The lowest BCUT2D eigenvalue weighted by atomic mass is 10.3. The fourth-order valence-electron chi connectivity index (χ4n) is 0.802. The van der Waals surface area contributed by atoms with Gasteiger partial charge in [-0.15, -0.1) is 0 Å². The molecule has 1 aromatic heterocycles. The molecule has 0 aliphatic rings. The Morgan fingerprint density at radius 1 is 1.54 bits per heavy atom. The number of anilines is 1. The van der Waals surface area contributed by atoms with E-state index < -0.39 is 0 Å². The third kappa shape index (κ3) is 1.95. The molecule has 70 valence electrons. The van der Waals surface area contributed by atoms with Crippen LogP contribution < -0.4 is 11.1 Å². The zero-order valence-electron chi connectivity index (χ0n) is 7.26. The standard InChI is InChI=1S/C7H9BrN4O/c1-3-5(8)12-4(6(9)11-3)7(13)10-2/h1-2H3,(H2,9,11)(H,10,13). The summed E-state index contributed by atoms with van der Waals surface area (Å²) in [6.45, 7) is 1.75. The number of nitrogens with zero attached hydrogens (tertiary/aromatic N) is 2. The zero-order chi connectivity index (χ0) is 10.0. The van der Waals surface area contributed by atoms with E-state index in [-0.39, 0.29) is 17.4 Å². The molecule has 0 atom stereocenters. The minimum Gasteiger partial charge on any atom is -0.382 e. The first-order valence-electron chi connectivity index (χ1n) is 3.58. The van der Waals surface area contributed by atoms with E-state index in [0.29, 0.717) is 10.3 Å². The number of halogens is 1. The molecule has 5 nitrogen and oxygen atoms in total. The van der Waals surface area contributed by atoms with Crippen LogP contribution in [-0.2, 0) is 0 Å². The Morgan fingerprint density at radius 3 is 2.69 bits per heavy atom. The average Bonchev–Trinajstić information content (AvgIpc) is 2.10. The summed E-state index contributed by atoms with van der Waals surface area (Å²) in [6, 6.07) is 0. The predicted octanol–water partition coefficient (Wildman–Crippen LogP) is 0.489. The molecule has 1 rings (SSSR count). The van der Waals surface area contributed by atoms with Crippen LogP contribution in [0.3, 0.4) is 0 Å². The highest BCUT2D eigenvalue weighted by Crippen LogP contribution is 2.14. The molecule has 0 fully saturated rings. The molecule has 0 aliphatic carbocycles. The first-order valence-corrected chi connectivity index (χ1v) is 4.37. The van der Waals surface area contributed by atoms with Crippen molar-refractivity contribution in [3.05, 3.63) is 16.0 Å². The SMILES string of the molecule is CNC(=O)c1nc(Br)c(C)nc1N. The number of nitrogens with two attached hydrogens (primary N) is 1. The molecule has 3 N–H and O–H groups in total. The summed E-state index contributed by atoms with van der Waals surface area (Å²) in [7, 11) is 1.51. The molecule has 0 aromatic carbocycles. The summed E-state index contributed by atoms with van der Waals surface area (Å²) in [4.78, 5) is 19.1. The smallest absolute Gasteiger partial charge is 0.273 e. The van der Waals surface area contributed by atoms with Gasteiger partial charge in [0.1, 0.15) is 4.60 Å². The number of nitrogens with one attached hydrogen (secondary N) is 1. The maximum Gasteiger partial charge on any atom is 0.273 e. The quantitative estimate of drug-likeness (QED) is 0.754. The third-order valence-corrected chi connectivity index (χ3v) is 2.23. The number of aryl methyl sites for hydroxylation is 1. The van der Waals surface area contributed by atoms with Gasteiger partial charge in [-0.2, -0.15) is 0 Å². The van der Waals surface area contributed by atoms with E-state index in [9.17, 15) is 4.79 Å². The molecule has 6 heteroatoms. The lowest BCUT2D eigenvalue weighted by Gasteiger charge is -2.04. The van der Waals surface area contributed by atoms with E-state index in [1.807, 2.05) is 0 Å². The number of carbonyl (C=O) groups excluding carboxylic acids is 1. The molecule has 0 bridgehead atoms. The second-order valence-electron chi connectivity index (χ2n) is 2.41. The van der Waals surface area contributed by atoms with E-state index in [4.69, 9.17) is 5.73 Å². The van der Waals surface area contributed by atoms with Gasteiger partial charge in [0, 0.05) is 7.05 Å². The molecule has 0 aliphatic heterocycles. The van der Waals surface area contributed by atoms with Crippen molar-refractivity contribution in [1.82, 2.24) is 15.3 Å². The van der Waals surface area contributed by atoms with Crippen LogP contribution in [0, 0.1) is 6.92 Å². The fourth-order valence-corrected chi connectivity index (χ4v) is 1.07. The van der Waals surface area contributed by atoms with Crippen molar-refractivity contribution in [2.24, 2.45) is 0 Å². The molecule has 1 aromatic rings. The Labute approximate surface area is 83.9 Å². The van der Waals surface area contributed by atoms with Gasteiger partial charge in [0.05, 0.1) is 5.69 Å². The summed E-state index contributed by atoms with van der Waals surface area (Å²) >= 11 is 3.17. The van der Waals surface area contributed by atoms with Crippen LogP contribution in [-0.4, -0.2) is 22.9 Å². The maximum atomic E-state index is 11.2. The van der Waals surface area contributed by atoms with E-state index in [1.165, 1.54) is 7.05 Å². The number of amides is 1. The molecule has 0 saturated heterocycles. The van der Waals surface area contributed by atoms with Crippen molar-refractivity contribution in [2.45, 2.75) is 6.92 Å². The normalized spacial score (nSPS) is 9.77. The number of rotatable bonds is 1. The van der Waals surface area contributed by atoms with Gasteiger partial charge >= 0.3 is 0 Å². The Kier molecular flexibility index (Phi) is 2.82. The highest BCUT2D eigenvalue weighted by Gasteiger charge is 2.13. The number of carbonyl (C=O) groups is 1. The van der Waals surface area contributed by atoms with Crippen LogP contribution in [0.2, 0.25) is 0 Å². The summed E-state index contributed by atoms with van der Waals surface area (Å²) in [5.41, 5.74) is 6.31. The lowest BCUT2D eigenvalue weighted by molar-refractivity contribution is 0.0958. The van der Waals surface area contributed by atoms with Gasteiger partial charge in [-0.3, -0.25) is 4.79 Å². The largest absolute Gasteiger partial charge is 0.382 e. The Morgan fingerprint density at radius 2 is 2.15 bits per heavy atom. The predicted molar refractivity (Wildman–Crippen MR) is 52.3 cm³/mol. The van der Waals surface area contributed by atoms with Gasteiger partial charge in [0.25, 0.3) is 5.91 Å². The first-order chi connectivity index (χ1) is 6.06. The molecule has 1 amide bonds. The second-order valence-corrected chi connectivity index (χ2v) is 3.16. The number of hydrogen-bond donors (Lipinski definition) is 2.